The third-order valence-electron chi connectivity index (χ3n) is 2.89. The molecule has 4 nitrogen and oxygen atoms in total. The van der Waals surface area contributed by atoms with Crippen LogP contribution in [0.5, 0.6) is 0 Å². The van der Waals surface area contributed by atoms with E-state index in [4.69, 9.17) is 0 Å². The second-order valence-electron chi connectivity index (χ2n) is 4.41. The van der Waals surface area contributed by atoms with Crippen molar-refractivity contribution >= 4 is 15.9 Å². The van der Waals surface area contributed by atoms with E-state index in [0.717, 1.165) is 23.0 Å². The first kappa shape index (κ1) is 13.2. The zero-order valence-electron chi connectivity index (χ0n) is 10.6. The van der Waals surface area contributed by atoms with Crippen LogP contribution < -0.4 is 5.32 Å². The van der Waals surface area contributed by atoms with Crippen molar-refractivity contribution in [3.05, 3.63) is 46.2 Å². The SMILES string of the molecule is CNC(Cc1cccc(Br)c1)Cc1cn(C)nn1. The lowest BCUT2D eigenvalue weighted by Gasteiger charge is -2.14. The molecule has 0 saturated heterocycles. The molecular weight excluding hydrogens is 292 g/mol. The van der Waals surface area contributed by atoms with Gasteiger partial charge in [-0.1, -0.05) is 33.3 Å². The zero-order valence-corrected chi connectivity index (χ0v) is 12.2. The second kappa shape index (κ2) is 6.11. The summed E-state index contributed by atoms with van der Waals surface area (Å²) in [5, 5.41) is 11.4. The quantitative estimate of drug-likeness (QED) is 0.918. The van der Waals surface area contributed by atoms with Crippen molar-refractivity contribution in [2.45, 2.75) is 18.9 Å². The molecule has 1 aromatic heterocycles. The van der Waals surface area contributed by atoms with Crippen LogP contribution >= 0.6 is 15.9 Å². The standard InChI is InChI=1S/C13H17BrN4/c1-15-12(8-13-9-18(2)17-16-13)7-10-4-3-5-11(14)6-10/h3-6,9,12,15H,7-8H2,1-2H3. The summed E-state index contributed by atoms with van der Waals surface area (Å²) in [7, 11) is 3.87. The molecule has 0 aliphatic carbocycles. The minimum atomic E-state index is 0.371. The number of nitrogens with zero attached hydrogens (tertiary/aromatic N) is 3. The van der Waals surface area contributed by atoms with Crippen LogP contribution in [-0.4, -0.2) is 28.1 Å². The fraction of sp³-hybridized carbons (Fsp3) is 0.385. The smallest absolute Gasteiger partial charge is 0.0842 e. The molecule has 2 aromatic rings. The number of aromatic nitrogens is 3. The Labute approximate surface area is 116 Å². The number of hydrogen-bond donors (Lipinski definition) is 1. The molecule has 1 unspecified atom stereocenters. The predicted molar refractivity (Wildman–Crippen MR) is 75.4 cm³/mol. The summed E-state index contributed by atoms with van der Waals surface area (Å²) in [6, 6.07) is 8.78. The Morgan fingerprint density at radius 1 is 1.39 bits per heavy atom. The molecular formula is C13H17BrN4. The fourth-order valence-corrected chi connectivity index (χ4v) is 2.41. The lowest BCUT2D eigenvalue weighted by molar-refractivity contribution is 0.549. The van der Waals surface area contributed by atoms with Crippen LogP contribution in [0.25, 0.3) is 0 Å². The number of halogens is 1. The Morgan fingerprint density at radius 3 is 2.83 bits per heavy atom. The van der Waals surface area contributed by atoms with E-state index in [9.17, 15) is 0 Å². The van der Waals surface area contributed by atoms with Gasteiger partial charge in [0.05, 0.1) is 5.69 Å². The van der Waals surface area contributed by atoms with Crippen molar-refractivity contribution in [2.75, 3.05) is 7.05 Å². The van der Waals surface area contributed by atoms with Crippen molar-refractivity contribution in [2.24, 2.45) is 7.05 Å². The first-order valence-corrected chi connectivity index (χ1v) is 6.73. The van der Waals surface area contributed by atoms with E-state index in [2.05, 4.69) is 49.8 Å². The summed E-state index contributed by atoms with van der Waals surface area (Å²) in [6.45, 7) is 0. The Kier molecular flexibility index (Phi) is 4.49. The third kappa shape index (κ3) is 3.65. The summed E-state index contributed by atoms with van der Waals surface area (Å²) in [4.78, 5) is 0. The van der Waals surface area contributed by atoms with E-state index in [1.807, 2.05) is 26.4 Å². The molecule has 5 heteroatoms. The molecule has 1 heterocycles. The molecule has 0 fully saturated rings. The largest absolute Gasteiger partial charge is 0.316 e. The molecule has 0 spiro atoms. The maximum Gasteiger partial charge on any atom is 0.0842 e. The van der Waals surface area contributed by atoms with Crippen molar-refractivity contribution in [3.63, 3.8) is 0 Å². The molecule has 0 saturated carbocycles. The van der Waals surface area contributed by atoms with Gasteiger partial charge in [0, 0.05) is 30.2 Å². The molecule has 0 radical (unpaired) electrons. The normalized spacial score (nSPS) is 12.6. The van der Waals surface area contributed by atoms with Crippen LogP contribution in [0, 0.1) is 0 Å². The van der Waals surface area contributed by atoms with Crippen molar-refractivity contribution < 1.29 is 0 Å². The zero-order chi connectivity index (χ0) is 13.0. The highest BCUT2D eigenvalue weighted by molar-refractivity contribution is 9.10. The Bertz CT molecular complexity index is 509. The Hall–Kier alpha value is -1.20. The lowest BCUT2D eigenvalue weighted by Crippen LogP contribution is -2.30. The van der Waals surface area contributed by atoms with E-state index in [0.29, 0.717) is 6.04 Å². The van der Waals surface area contributed by atoms with Gasteiger partial charge in [0.2, 0.25) is 0 Å². The molecule has 1 aromatic carbocycles. The summed E-state index contributed by atoms with van der Waals surface area (Å²) in [5.41, 5.74) is 2.33. The van der Waals surface area contributed by atoms with Crippen molar-refractivity contribution in [3.8, 4) is 0 Å². The highest BCUT2D eigenvalue weighted by Crippen LogP contribution is 2.14. The van der Waals surface area contributed by atoms with E-state index in [1.54, 1.807) is 4.68 Å². The number of nitrogens with one attached hydrogen (secondary N) is 1. The van der Waals surface area contributed by atoms with Crippen LogP contribution in [0.2, 0.25) is 0 Å². The predicted octanol–water partition coefficient (Wildman–Crippen LogP) is 1.95. The maximum absolute atomic E-state index is 4.13. The number of hydrogen-bond acceptors (Lipinski definition) is 3. The average Bonchev–Trinajstić information content (AvgIpc) is 2.74. The van der Waals surface area contributed by atoms with Crippen LogP contribution in [-0.2, 0) is 19.9 Å². The third-order valence-corrected chi connectivity index (χ3v) is 3.38. The molecule has 0 aliphatic rings. The van der Waals surface area contributed by atoms with Crippen LogP contribution in [0.4, 0.5) is 0 Å². The highest BCUT2D eigenvalue weighted by atomic mass is 79.9. The van der Waals surface area contributed by atoms with E-state index in [-0.39, 0.29) is 0 Å². The van der Waals surface area contributed by atoms with Crippen LogP contribution in [0.1, 0.15) is 11.3 Å². The van der Waals surface area contributed by atoms with Crippen LogP contribution in [0.3, 0.4) is 0 Å². The van der Waals surface area contributed by atoms with Gasteiger partial charge in [0.25, 0.3) is 0 Å². The van der Waals surface area contributed by atoms with Gasteiger partial charge in [-0.25, -0.2) is 0 Å². The van der Waals surface area contributed by atoms with E-state index < -0.39 is 0 Å². The number of rotatable bonds is 5. The monoisotopic (exact) mass is 308 g/mol. The summed E-state index contributed by atoms with van der Waals surface area (Å²) >= 11 is 3.50. The van der Waals surface area contributed by atoms with Crippen LogP contribution in [0.15, 0.2) is 34.9 Å². The fourth-order valence-electron chi connectivity index (χ4n) is 1.97. The maximum atomic E-state index is 4.13. The molecule has 1 atom stereocenters. The Balaban J connectivity index is 2.01. The lowest BCUT2D eigenvalue weighted by atomic mass is 10.0. The first-order valence-electron chi connectivity index (χ1n) is 5.94. The Morgan fingerprint density at radius 2 is 2.22 bits per heavy atom. The van der Waals surface area contributed by atoms with Crippen molar-refractivity contribution in [1.29, 1.82) is 0 Å². The van der Waals surface area contributed by atoms with Gasteiger partial charge in [-0.3, -0.25) is 4.68 Å². The molecule has 0 aliphatic heterocycles. The first-order chi connectivity index (χ1) is 8.67. The van der Waals surface area contributed by atoms with Gasteiger partial charge in [0.15, 0.2) is 0 Å². The molecule has 0 bridgehead atoms. The number of benzene rings is 1. The van der Waals surface area contributed by atoms with Gasteiger partial charge in [-0.05, 0) is 31.2 Å². The topological polar surface area (TPSA) is 42.7 Å². The van der Waals surface area contributed by atoms with Gasteiger partial charge in [-0.2, -0.15) is 0 Å². The average molecular weight is 309 g/mol. The molecule has 96 valence electrons. The van der Waals surface area contributed by atoms with Gasteiger partial charge in [0.1, 0.15) is 0 Å². The second-order valence-corrected chi connectivity index (χ2v) is 5.32. The van der Waals surface area contributed by atoms with Crippen molar-refractivity contribution in [1.82, 2.24) is 20.3 Å². The summed E-state index contributed by atoms with van der Waals surface area (Å²) in [6.07, 6.45) is 3.83. The molecule has 1 N–H and O–H groups in total. The highest BCUT2D eigenvalue weighted by Gasteiger charge is 2.10. The van der Waals surface area contributed by atoms with Gasteiger partial charge < -0.3 is 5.32 Å². The number of aryl methyl sites for hydroxylation is 1. The minimum Gasteiger partial charge on any atom is -0.316 e. The summed E-state index contributed by atoms with van der Waals surface area (Å²) in [5.74, 6) is 0. The minimum absolute atomic E-state index is 0.371. The molecule has 0 amide bonds. The molecule has 2 rings (SSSR count). The van der Waals surface area contributed by atoms with E-state index in [1.165, 1.54) is 5.56 Å². The number of likely N-dealkylation sites (N-methyl/N-ethyl adjacent to an activating group) is 1. The van der Waals surface area contributed by atoms with E-state index >= 15 is 0 Å². The molecule has 18 heavy (non-hydrogen) atoms. The summed E-state index contributed by atoms with van der Waals surface area (Å²) < 4.78 is 2.86. The van der Waals surface area contributed by atoms with Gasteiger partial charge in [-0.15, -0.1) is 5.10 Å². The van der Waals surface area contributed by atoms with Gasteiger partial charge >= 0.3 is 0 Å².